The molecular formula is C16H12N2O2. The van der Waals surface area contributed by atoms with Gasteiger partial charge >= 0.3 is 0 Å². The van der Waals surface area contributed by atoms with Gasteiger partial charge < -0.3 is 9.53 Å². The maximum Gasteiger partial charge on any atom is 0.238 e. The predicted molar refractivity (Wildman–Crippen MR) is 75.8 cm³/mol. The molecule has 0 aliphatic carbocycles. The van der Waals surface area contributed by atoms with E-state index in [1.807, 2.05) is 48.5 Å². The monoisotopic (exact) mass is 264 g/mol. The molecule has 0 radical (unpaired) electrons. The summed E-state index contributed by atoms with van der Waals surface area (Å²) in [6, 6.07) is 15.0. The molecule has 0 spiro atoms. The first-order chi connectivity index (χ1) is 9.86. The summed E-state index contributed by atoms with van der Waals surface area (Å²) in [6.07, 6.45) is 2.77. The summed E-state index contributed by atoms with van der Waals surface area (Å²) in [7, 11) is 0. The Morgan fingerprint density at radius 3 is 2.70 bits per heavy atom. The first-order valence-corrected chi connectivity index (χ1v) is 6.28. The Kier molecular flexibility index (Phi) is 3.37. The molecule has 0 N–H and O–H groups in total. The Morgan fingerprint density at radius 1 is 1.05 bits per heavy atom. The maximum atomic E-state index is 10.7. The summed E-state index contributed by atoms with van der Waals surface area (Å²) >= 11 is 0. The highest BCUT2D eigenvalue weighted by atomic mass is 16.5. The van der Waals surface area contributed by atoms with Gasteiger partial charge in [0.2, 0.25) is 5.88 Å². The van der Waals surface area contributed by atoms with Crippen LogP contribution in [0.3, 0.4) is 0 Å². The fraction of sp³-hybridized carbons (Fsp3) is 0.0625. The Balaban J connectivity index is 2.01. The van der Waals surface area contributed by atoms with Crippen molar-refractivity contribution >= 4 is 17.3 Å². The Bertz CT molecular complexity index is 742. The van der Waals surface area contributed by atoms with Gasteiger partial charge in [-0.1, -0.05) is 30.3 Å². The molecule has 1 heterocycles. The zero-order chi connectivity index (χ0) is 13.8. The number of hydrogen-bond acceptors (Lipinski definition) is 4. The van der Waals surface area contributed by atoms with Crippen LogP contribution in [0.4, 0.5) is 0 Å². The molecule has 4 heteroatoms. The summed E-state index contributed by atoms with van der Waals surface area (Å²) in [4.78, 5) is 19.5. The van der Waals surface area contributed by atoms with E-state index in [0.29, 0.717) is 23.6 Å². The Hall–Kier alpha value is -2.75. The number of rotatable bonds is 4. The van der Waals surface area contributed by atoms with Gasteiger partial charge in [0.25, 0.3) is 0 Å². The summed E-state index contributed by atoms with van der Waals surface area (Å²) in [5.74, 6) is 1.12. The second-order valence-electron chi connectivity index (χ2n) is 4.28. The zero-order valence-electron chi connectivity index (χ0n) is 10.7. The topological polar surface area (TPSA) is 52.1 Å². The van der Waals surface area contributed by atoms with Crippen LogP contribution in [0.15, 0.2) is 54.7 Å². The largest absolute Gasteiger partial charge is 0.437 e. The summed E-state index contributed by atoms with van der Waals surface area (Å²) in [5.41, 5.74) is 2.31. The molecule has 98 valence electrons. The number of benzene rings is 2. The highest BCUT2D eigenvalue weighted by molar-refractivity contribution is 5.80. The van der Waals surface area contributed by atoms with Crippen LogP contribution >= 0.6 is 0 Å². The van der Waals surface area contributed by atoms with Gasteiger partial charge in [-0.3, -0.25) is 0 Å². The van der Waals surface area contributed by atoms with Gasteiger partial charge in [0.15, 0.2) is 0 Å². The number of carbonyl (C=O) groups is 1. The Morgan fingerprint density at radius 2 is 1.90 bits per heavy atom. The van der Waals surface area contributed by atoms with Crippen LogP contribution in [0.25, 0.3) is 11.0 Å². The average molecular weight is 264 g/mol. The number of fused-ring (bicyclic) bond motifs is 1. The van der Waals surface area contributed by atoms with Crippen LogP contribution in [0.2, 0.25) is 0 Å². The van der Waals surface area contributed by atoms with Gasteiger partial charge in [-0.25, -0.2) is 9.97 Å². The number of ether oxygens (including phenoxy) is 1. The number of para-hydroxylation sites is 2. The standard InChI is InChI=1S/C16H12N2O2/c19-10-9-12-5-4-8-14-16(12)18-15(11-17-14)20-13-6-2-1-3-7-13/h1-8,10-11H,9H2. The van der Waals surface area contributed by atoms with Gasteiger partial charge in [-0.15, -0.1) is 0 Å². The van der Waals surface area contributed by atoms with Crippen LogP contribution in [0.5, 0.6) is 11.6 Å². The molecular weight excluding hydrogens is 252 g/mol. The van der Waals surface area contributed by atoms with Gasteiger partial charge in [0.05, 0.1) is 17.2 Å². The molecule has 0 atom stereocenters. The fourth-order valence-corrected chi connectivity index (χ4v) is 1.99. The minimum absolute atomic E-state index is 0.320. The molecule has 4 nitrogen and oxygen atoms in total. The van der Waals surface area contributed by atoms with Crippen LogP contribution in [-0.2, 0) is 11.2 Å². The van der Waals surface area contributed by atoms with Crippen molar-refractivity contribution in [3.8, 4) is 11.6 Å². The molecule has 3 aromatic rings. The molecule has 0 aliphatic heterocycles. The number of hydrogen-bond donors (Lipinski definition) is 0. The molecule has 0 amide bonds. The van der Waals surface area contributed by atoms with Crippen molar-refractivity contribution in [2.75, 3.05) is 0 Å². The lowest BCUT2D eigenvalue weighted by Gasteiger charge is -2.06. The van der Waals surface area contributed by atoms with E-state index < -0.39 is 0 Å². The van der Waals surface area contributed by atoms with Crippen molar-refractivity contribution in [2.24, 2.45) is 0 Å². The number of aromatic nitrogens is 2. The molecule has 0 saturated heterocycles. The van der Waals surface area contributed by atoms with E-state index in [1.54, 1.807) is 6.20 Å². The van der Waals surface area contributed by atoms with Crippen molar-refractivity contribution in [1.29, 1.82) is 0 Å². The first kappa shape index (κ1) is 12.3. The molecule has 20 heavy (non-hydrogen) atoms. The lowest BCUT2D eigenvalue weighted by molar-refractivity contribution is -0.107. The third-order valence-corrected chi connectivity index (χ3v) is 2.90. The van der Waals surface area contributed by atoms with Crippen LogP contribution in [0, 0.1) is 0 Å². The zero-order valence-corrected chi connectivity index (χ0v) is 10.7. The molecule has 0 saturated carbocycles. The maximum absolute atomic E-state index is 10.7. The van der Waals surface area contributed by atoms with Crippen molar-refractivity contribution < 1.29 is 9.53 Å². The van der Waals surface area contributed by atoms with Gasteiger partial charge in [-0.05, 0) is 23.8 Å². The highest BCUT2D eigenvalue weighted by Gasteiger charge is 2.06. The highest BCUT2D eigenvalue weighted by Crippen LogP contribution is 2.22. The van der Waals surface area contributed by atoms with Crippen molar-refractivity contribution in [3.63, 3.8) is 0 Å². The van der Waals surface area contributed by atoms with Crippen molar-refractivity contribution in [2.45, 2.75) is 6.42 Å². The number of aldehydes is 1. The summed E-state index contributed by atoms with van der Waals surface area (Å²) < 4.78 is 5.66. The van der Waals surface area contributed by atoms with Gasteiger partial charge in [0, 0.05) is 6.42 Å². The average Bonchev–Trinajstić information content (AvgIpc) is 2.49. The molecule has 0 unspecified atom stereocenters. The molecule has 0 fully saturated rings. The van der Waals surface area contributed by atoms with Crippen LogP contribution < -0.4 is 4.74 Å². The lowest BCUT2D eigenvalue weighted by atomic mass is 10.1. The van der Waals surface area contributed by atoms with Gasteiger partial charge in [0.1, 0.15) is 12.0 Å². The fourth-order valence-electron chi connectivity index (χ4n) is 1.99. The second kappa shape index (κ2) is 5.48. The second-order valence-corrected chi connectivity index (χ2v) is 4.28. The first-order valence-electron chi connectivity index (χ1n) is 6.28. The Labute approximate surface area is 116 Å². The van der Waals surface area contributed by atoms with E-state index in [-0.39, 0.29) is 0 Å². The van der Waals surface area contributed by atoms with E-state index in [9.17, 15) is 4.79 Å². The van der Waals surface area contributed by atoms with Crippen LogP contribution in [-0.4, -0.2) is 16.3 Å². The quantitative estimate of drug-likeness (QED) is 0.679. The van der Waals surface area contributed by atoms with E-state index in [4.69, 9.17) is 4.74 Å². The van der Waals surface area contributed by atoms with Crippen molar-refractivity contribution in [3.05, 3.63) is 60.3 Å². The molecule has 3 rings (SSSR count). The van der Waals surface area contributed by atoms with E-state index in [2.05, 4.69) is 9.97 Å². The SMILES string of the molecule is O=CCc1cccc2ncc(Oc3ccccc3)nc12. The van der Waals surface area contributed by atoms with Crippen molar-refractivity contribution in [1.82, 2.24) is 9.97 Å². The smallest absolute Gasteiger partial charge is 0.238 e. The minimum Gasteiger partial charge on any atom is -0.437 e. The van der Waals surface area contributed by atoms with E-state index >= 15 is 0 Å². The van der Waals surface area contributed by atoms with Gasteiger partial charge in [-0.2, -0.15) is 0 Å². The number of carbonyl (C=O) groups excluding carboxylic acids is 1. The third-order valence-electron chi connectivity index (χ3n) is 2.90. The molecule has 2 aromatic carbocycles. The molecule has 0 bridgehead atoms. The van der Waals surface area contributed by atoms with E-state index in [1.165, 1.54) is 0 Å². The third kappa shape index (κ3) is 2.49. The lowest BCUT2D eigenvalue weighted by Crippen LogP contribution is -1.95. The number of nitrogens with zero attached hydrogens (tertiary/aromatic N) is 2. The molecule has 0 aliphatic rings. The molecule has 1 aromatic heterocycles. The summed E-state index contributed by atoms with van der Waals surface area (Å²) in [6.45, 7) is 0. The normalized spacial score (nSPS) is 10.4. The minimum atomic E-state index is 0.320. The van der Waals surface area contributed by atoms with Crippen LogP contribution in [0.1, 0.15) is 5.56 Å². The predicted octanol–water partition coefficient (Wildman–Crippen LogP) is 3.16. The summed E-state index contributed by atoms with van der Waals surface area (Å²) in [5, 5.41) is 0. The van der Waals surface area contributed by atoms with E-state index in [0.717, 1.165) is 17.4 Å².